The highest BCUT2D eigenvalue weighted by atomic mass is 35.5. The van der Waals surface area contributed by atoms with Gasteiger partial charge in [0.25, 0.3) is 0 Å². The molecule has 0 saturated carbocycles. The second kappa shape index (κ2) is 5.76. The van der Waals surface area contributed by atoms with Crippen molar-refractivity contribution in [3.8, 4) is 11.5 Å². The minimum absolute atomic E-state index is 0.301. The minimum atomic E-state index is -0.482. The molecule has 0 N–H and O–H groups in total. The van der Waals surface area contributed by atoms with Gasteiger partial charge < -0.3 is 9.47 Å². The van der Waals surface area contributed by atoms with E-state index < -0.39 is 5.97 Å². The molecule has 2 aromatic rings. The van der Waals surface area contributed by atoms with Gasteiger partial charge in [-0.25, -0.2) is 4.79 Å². The fourth-order valence-electron chi connectivity index (χ4n) is 1.59. The highest BCUT2D eigenvalue weighted by molar-refractivity contribution is 6.31. The molecule has 0 aliphatic rings. The number of rotatable bonds is 3. The first kappa shape index (κ1) is 13.4. The number of carbonyl (C=O) groups is 1. The van der Waals surface area contributed by atoms with Crippen LogP contribution in [0.4, 0.5) is 0 Å². The number of carbonyl (C=O) groups excluding carboxylic acids is 1. The van der Waals surface area contributed by atoms with Gasteiger partial charge in [-0.05, 0) is 37.3 Å². The maximum Gasteiger partial charge on any atom is 0.341 e. The molecule has 0 bridgehead atoms. The van der Waals surface area contributed by atoms with Crippen LogP contribution in [0.15, 0.2) is 42.5 Å². The Labute approximate surface area is 116 Å². The Morgan fingerprint density at radius 3 is 2.42 bits per heavy atom. The summed E-state index contributed by atoms with van der Waals surface area (Å²) in [6.45, 7) is 1.99. The Kier molecular flexibility index (Phi) is 4.07. The van der Waals surface area contributed by atoms with Crippen LogP contribution >= 0.6 is 11.6 Å². The molecule has 3 nitrogen and oxygen atoms in total. The molecule has 0 spiro atoms. The number of methoxy groups -OCH3 is 1. The van der Waals surface area contributed by atoms with E-state index in [1.165, 1.54) is 13.2 Å². The van der Waals surface area contributed by atoms with Gasteiger partial charge in [-0.15, -0.1) is 0 Å². The normalized spacial score (nSPS) is 10.1. The topological polar surface area (TPSA) is 35.5 Å². The molecule has 2 aromatic carbocycles. The number of aryl methyl sites for hydroxylation is 1. The van der Waals surface area contributed by atoms with Gasteiger partial charge in [0.05, 0.1) is 7.11 Å². The standard InChI is InChI=1S/C15H13ClO3/c1-10-3-6-12(7-4-10)19-14-8-5-11(16)9-13(14)15(17)18-2/h3-9H,1-2H3. The molecule has 0 aliphatic heterocycles. The summed E-state index contributed by atoms with van der Waals surface area (Å²) in [7, 11) is 1.32. The summed E-state index contributed by atoms with van der Waals surface area (Å²) >= 11 is 5.88. The third-order valence-corrected chi connectivity index (χ3v) is 2.83. The monoisotopic (exact) mass is 276 g/mol. The number of hydrogen-bond acceptors (Lipinski definition) is 3. The van der Waals surface area contributed by atoms with Crippen molar-refractivity contribution in [2.75, 3.05) is 7.11 Å². The Hall–Kier alpha value is -2.00. The minimum Gasteiger partial charge on any atom is -0.465 e. The van der Waals surface area contributed by atoms with Crippen molar-refractivity contribution in [3.05, 3.63) is 58.6 Å². The zero-order chi connectivity index (χ0) is 13.8. The molecular formula is C15H13ClO3. The van der Waals surface area contributed by atoms with Crippen LogP contribution in [0.2, 0.25) is 5.02 Å². The van der Waals surface area contributed by atoms with Gasteiger partial charge in [0.2, 0.25) is 0 Å². The lowest BCUT2D eigenvalue weighted by Gasteiger charge is -2.10. The fourth-order valence-corrected chi connectivity index (χ4v) is 1.77. The van der Waals surface area contributed by atoms with Crippen LogP contribution in [-0.2, 0) is 4.74 Å². The van der Waals surface area contributed by atoms with E-state index in [-0.39, 0.29) is 0 Å². The lowest BCUT2D eigenvalue weighted by molar-refractivity contribution is 0.0598. The van der Waals surface area contributed by atoms with Gasteiger partial charge in [0.1, 0.15) is 17.1 Å². The summed E-state index contributed by atoms with van der Waals surface area (Å²) in [6, 6.07) is 12.4. The van der Waals surface area contributed by atoms with Crippen LogP contribution in [0.25, 0.3) is 0 Å². The van der Waals surface area contributed by atoms with Crippen LogP contribution in [0.1, 0.15) is 15.9 Å². The van der Waals surface area contributed by atoms with Crippen molar-refractivity contribution in [2.45, 2.75) is 6.92 Å². The first-order chi connectivity index (χ1) is 9.10. The van der Waals surface area contributed by atoms with E-state index in [1.54, 1.807) is 12.1 Å². The van der Waals surface area contributed by atoms with Crippen molar-refractivity contribution in [2.24, 2.45) is 0 Å². The highest BCUT2D eigenvalue weighted by Crippen LogP contribution is 2.28. The molecule has 4 heteroatoms. The van der Waals surface area contributed by atoms with E-state index in [9.17, 15) is 4.79 Å². The van der Waals surface area contributed by atoms with Crippen molar-refractivity contribution in [1.29, 1.82) is 0 Å². The van der Waals surface area contributed by atoms with E-state index in [2.05, 4.69) is 0 Å². The largest absolute Gasteiger partial charge is 0.465 e. The van der Waals surface area contributed by atoms with Crippen molar-refractivity contribution in [3.63, 3.8) is 0 Å². The molecule has 0 aliphatic carbocycles. The summed E-state index contributed by atoms with van der Waals surface area (Å²) in [4.78, 5) is 11.7. The summed E-state index contributed by atoms with van der Waals surface area (Å²) in [6.07, 6.45) is 0. The van der Waals surface area contributed by atoms with E-state index in [0.717, 1.165) is 5.56 Å². The quantitative estimate of drug-likeness (QED) is 0.787. The fraction of sp³-hybridized carbons (Fsp3) is 0.133. The van der Waals surface area contributed by atoms with E-state index in [1.807, 2.05) is 31.2 Å². The molecule has 0 heterocycles. The maximum absolute atomic E-state index is 11.7. The van der Waals surface area contributed by atoms with Crippen LogP contribution in [0, 0.1) is 6.92 Å². The van der Waals surface area contributed by atoms with Crippen LogP contribution in [0.3, 0.4) is 0 Å². The van der Waals surface area contributed by atoms with Gasteiger partial charge in [-0.1, -0.05) is 29.3 Å². The van der Waals surface area contributed by atoms with Crippen molar-refractivity contribution < 1.29 is 14.3 Å². The summed E-state index contributed by atoms with van der Waals surface area (Å²) in [5.74, 6) is 0.586. The van der Waals surface area contributed by atoms with Crippen molar-refractivity contribution in [1.82, 2.24) is 0 Å². The van der Waals surface area contributed by atoms with Gasteiger partial charge in [0, 0.05) is 5.02 Å². The molecule has 19 heavy (non-hydrogen) atoms. The van der Waals surface area contributed by atoms with Gasteiger partial charge >= 0.3 is 5.97 Å². The molecule has 98 valence electrons. The number of esters is 1. The molecular weight excluding hydrogens is 264 g/mol. The Morgan fingerprint density at radius 2 is 1.79 bits per heavy atom. The SMILES string of the molecule is COC(=O)c1cc(Cl)ccc1Oc1ccc(C)cc1. The van der Waals surface area contributed by atoms with E-state index in [0.29, 0.717) is 22.1 Å². The smallest absolute Gasteiger partial charge is 0.341 e. The first-order valence-electron chi connectivity index (χ1n) is 5.72. The Balaban J connectivity index is 2.34. The third-order valence-electron chi connectivity index (χ3n) is 2.60. The van der Waals surface area contributed by atoms with Crippen LogP contribution < -0.4 is 4.74 Å². The van der Waals surface area contributed by atoms with Gasteiger partial charge in [-0.3, -0.25) is 0 Å². The second-order valence-electron chi connectivity index (χ2n) is 4.05. The van der Waals surface area contributed by atoms with E-state index >= 15 is 0 Å². The second-order valence-corrected chi connectivity index (χ2v) is 4.48. The molecule has 0 atom stereocenters. The van der Waals surface area contributed by atoms with Crippen LogP contribution in [-0.4, -0.2) is 13.1 Å². The zero-order valence-corrected chi connectivity index (χ0v) is 11.4. The van der Waals surface area contributed by atoms with Gasteiger partial charge in [-0.2, -0.15) is 0 Å². The predicted octanol–water partition coefficient (Wildman–Crippen LogP) is 4.23. The Bertz CT molecular complexity index is 591. The molecule has 0 fully saturated rings. The highest BCUT2D eigenvalue weighted by Gasteiger charge is 2.14. The lowest BCUT2D eigenvalue weighted by Crippen LogP contribution is -2.03. The number of hydrogen-bond donors (Lipinski definition) is 0. The maximum atomic E-state index is 11.7. The molecule has 0 saturated heterocycles. The molecule has 0 amide bonds. The molecule has 0 radical (unpaired) electrons. The van der Waals surface area contributed by atoms with Crippen LogP contribution in [0.5, 0.6) is 11.5 Å². The number of benzene rings is 2. The summed E-state index contributed by atoms with van der Waals surface area (Å²) in [5.41, 5.74) is 1.44. The average molecular weight is 277 g/mol. The van der Waals surface area contributed by atoms with E-state index in [4.69, 9.17) is 21.1 Å². The Morgan fingerprint density at radius 1 is 1.11 bits per heavy atom. The van der Waals surface area contributed by atoms with Gasteiger partial charge in [0.15, 0.2) is 0 Å². The molecule has 0 unspecified atom stereocenters. The average Bonchev–Trinajstić information content (AvgIpc) is 2.42. The molecule has 2 rings (SSSR count). The third kappa shape index (κ3) is 3.26. The van der Waals surface area contributed by atoms with Crippen molar-refractivity contribution >= 4 is 17.6 Å². The number of ether oxygens (including phenoxy) is 2. The predicted molar refractivity (Wildman–Crippen MR) is 74.0 cm³/mol. The zero-order valence-electron chi connectivity index (χ0n) is 10.6. The summed E-state index contributed by atoms with van der Waals surface area (Å²) < 4.78 is 10.4. The lowest BCUT2D eigenvalue weighted by atomic mass is 10.2. The molecule has 0 aromatic heterocycles. The number of halogens is 1. The summed E-state index contributed by atoms with van der Waals surface area (Å²) in [5, 5.41) is 0.455. The first-order valence-corrected chi connectivity index (χ1v) is 6.10.